The third kappa shape index (κ3) is 3.16. The van der Waals surface area contributed by atoms with Crippen LogP contribution in [-0.2, 0) is 4.79 Å². The minimum absolute atomic E-state index is 0.0977. The Labute approximate surface area is 168 Å². The summed E-state index contributed by atoms with van der Waals surface area (Å²) in [7, 11) is 0. The number of aliphatic carboxylic acids is 1. The highest BCUT2D eigenvalue weighted by Gasteiger charge is 2.60. The SMILES string of the molecule is [2H]C([2H])(C[C@@H](C)[C@H]1CC[C@H]2[C@@H]3CC[C@@H]4C[C@@H](O)CC[C@]4(C)[C@H]3CC[C@]12C)C(=O)O. The van der Waals surface area contributed by atoms with Crippen LogP contribution in [0.5, 0.6) is 0 Å². The highest BCUT2D eigenvalue weighted by atomic mass is 16.4. The molecule has 0 aromatic rings. The highest BCUT2D eigenvalue weighted by Crippen LogP contribution is 2.68. The van der Waals surface area contributed by atoms with Crippen molar-refractivity contribution in [1.29, 1.82) is 0 Å². The van der Waals surface area contributed by atoms with Gasteiger partial charge in [-0.1, -0.05) is 20.8 Å². The van der Waals surface area contributed by atoms with E-state index in [0.29, 0.717) is 23.2 Å². The average molecular weight is 379 g/mol. The lowest BCUT2D eigenvalue weighted by Crippen LogP contribution is -2.54. The van der Waals surface area contributed by atoms with Crippen LogP contribution in [0.1, 0.15) is 94.1 Å². The number of carbonyl (C=O) groups is 1. The monoisotopic (exact) mass is 378 g/mol. The van der Waals surface area contributed by atoms with Crippen LogP contribution in [0.25, 0.3) is 0 Å². The summed E-state index contributed by atoms with van der Waals surface area (Å²) in [5, 5.41) is 19.5. The van der Waals surface area contributed by atoms with E-state index in [-0.39, 0.29) is 23.9 Å². The van der Waals surface area contributed by atoms with Crippen LogP contribution in [0.2, 0.25) is 0 Å². The van der Waals surface area contributed by atoms with Gasteiger partial charge in [-0.25, -0.2) is 0 Å². The molecular weight excluding hydrogens is 336 g/mol. The van der Waals surface area contributed by atoms with Crippen LogP contribution in [-0.4, -0.2) is 22.3 Å². The Morgan fingerprint density at radius 1 is 1.07 bits per heavy atom. The van der Waals surface area contributed by atoms with E-state index in [0.717, 1.165) is 31.1 Å². The van der Waals surface area contributed by atoms with Gasteiger partial charge >= 0.3 is 5.97 Å². The van der Waals surface area contributed by atoms with Crippen molar-refractivity contribution in [2.45, 2.75) is 97.5 Å². The molecule has 0 amide bonds. The van der Waals surface area contributed by atoms with E-state index in [4.69, 9.17) is 2.74 Å². The number of fused-ring (bicyclic) bond motifs is 5. The first-order valence-electron chi connectivity index (χ1n) is 12.4. The second kappa shape index (κ2) is 7.04. The molecule has 0 aromatic carbocycles. The van der Waals surface area contributed by atoms with Crippen molar-refractivity contribution in [3.05, 3.63) is 0 Å². The van der Waals surface area contributed by atoms with Crippen molar-refractivity contribution in [1.82, 2.24) is 0 Å². The number of hydrogen-bond donors (Lipinski definition) is 2. The molecule has 0 heterocycles. The molecule has 4 aliphatic carbocycles. The highest BCUT2D eigenvalue weighted by molar-refractivity contribution is 5.66. The first-order valence-corrected chi connectivity index (χ1v) is 11.4. The van der Waals surface area contributed by atoms with Gasteiger partial charge in [0.2, 0.25) is 0 Å². The predicted molar refractivity (Wildman–Crippen MR) is 107 cm³/mol. The van der Waals surface area contributed by atoms with Gasteiger partial charge in [-0.15, -0.1) is 0 Å². The largest absolute Gasteiger partial charge is 0.481 e. The number of hydrogen-bond acceptors (Lipinski definition) is 2. The summed E-state index contributed by atoms with van der Waals surface area (Å²) in [5.74, 6) is 2.12. The predicted octanol–water partition coefficient (Wildman–Crippen LogP) is 5.51. The number of carboxylic acids is 1. The molecule has 154 valence electrons. The van der Waals surface area contributed by atoms with Crippen LogP contribution in [0.3, 0.4) is 0 Å². The standard InChI is InChI=1S/C24H40O3/c1-15(4-9-22(26)27)19-7-8-20-18-6-5-16-14-17(25)10-12-23(16,2)21(18)11-13-24(19,20)3/h15-21,25H,4-14H2,1-3H3,(H,26,27)/t15-,16-,17+,18+,19-,20+,21+,23+,24-/m1/s1/i9D2. The van der Waals surface area contributed by atoms with Gasteiger partial charge in [0.1, 0.15) is 0 Å². The lowest BCUT2D eigenvalue weighted by molar-refractivity contribution is -0.138. The van der Waals surface area contributed by atoms with Crippen LogP contribution in [0, 0.1) is 46.3 Å². The molecule has 0 unspecified atom stereocenters. The number of carboxylic acid groups (broad SMARTS) is 1. The van der Waals surface area contributed by atoms with E-state index in [1.807, 2.05) is 0 Å². The van der Waals surface area contributed by atoms with Crippen molar-refractivity contribution in [2.24, 2.45) is 46.3 Å². The molecule has 9 atom stereocenters. The molecule has 3 nitrogen and oxygen atoms in total. The van der Waals surface area contributed by atoms with Crippen molar-refractivity contribution in [2.75, 3.05) is 0 Å². The second-order valence-electron chi connectivity index (χ2n) is 11.0. The topological polar surface area (TPSA) is 57.5 Å². The lowest BCUT2D eigenvalue weighted by atomic mass is 9.44. The molecular formula is C24H40O3. The summed E-state index contributed by atoms with van der Waals surface area (Å²) in [4.78, 5) is 11.3. The number of aliphatic hydroxyl groups is 1. The third-order valence-electron chi connectivity index (χ3n) is 9.97. The second-order valence-corrected chi connectivity index (χ2v) is 11.0. The van der Waals surface area contributed by atoms with E-state index < -0.39 is 12.3 Å². The fourth-order valence-electron chi connectivity index (χ4n) is 8.60. The smallest absolute Gasteiger partial charge is 0.303 e. The molecule has 2 N–H and O–H groups in total. The molecule has 0 aliphatic heterocycles. The van der Waals surface area contributed by atoms with E-state index >= 15 is 0 Å². The van der Waals surface area contributed by atoms with Crippen LogP contribution in [0.15, 0.2) is 0 Å². The van der Waals surface area contributed by atoms with Crippen LogP contribution in [0.4, 0.5) is 0 Å². The summed E-state index contributed by atoms with van der Waals surface area (Å²) in [6.45, 7) is 7.04. The summed E-state index contributed by atoms with van der Waals surface area (Å²) in [6.07, 6.45) is 8.38. The molecule has 0 saturated heterocycles. The molecule has 4 aliphatic rings. The maximum atomic E-state index is 11.3. The quantitative estimate of drug-likeness (QED) is 0.678. The Morgan fingerprint density at radius 3 is 2.52 bits per heavy atom. The first-order chi connectivity index (χ1) is 13.5. The van der Waals surface area contributed by atoms with Crippen molar-refractivity contribution in [3.8, 4) is 0 Å². The Hall–Kier alpha value is -0.570. The van der Waals surface area contributed by atoms with Gasteiger partial charge in [-0.2, -0.15) is 0 Å². The fourth-order valence-corrected chi connectivity index (χ4v) is 8.60. The maximum Gasteiger partial charge on any atom is 0.303 e. The average Bonchev–Trinajstić information content (AvgIpc) is 2.99. The molecule has 27 heavy (non-hydrogen) atoms. The van der Waals surface area contributed by atoms with Crippen molar-refractivity contribution in [3.63, 3.8) is 0 Å². The minimum Gasteiger partial charge on any atom is -0.481 e. The third-order valence-corrected chi connectivity index (χ3v) is 9.97. The number of aliphatic hydroxyl groups excluding tert-OH is 1. The summed E-state index contributed by atoms with van der Waals surface area (Å²) >= 11 is 0. The number of rotatable bonds is 4. The van der Waals surface area contributed by atoms with Crippen molar-refractivity contribution < 1.29 is 17.7 Å². The summed E-state index contributed by atoms with van der Waals surface area (Å²) < 4.78 is 15.8. The van der Waals surface area contributed by atoms with Gasteiger partial charge in [0.25, 0.3) is 0 Å². The van der Waals surface area contributed by atoms with Gasteiger partial charge in [-0.3, -0.25) is 4.79 Å². The van der Waals surface area contributed by atoms with Crippen LogP contribution >= 0.6 is 0 Å². The Balaban J connectivity index is 1.52. The van der Waals surface area contributed by atoms with Gasteiger partial charge in [0.15, 0.2) is 0 Å². The Morgan fingerprint density at radius 2 is 1.78 bits per heavy atom. The van der Waals surface area contributed by atoms with Crippen LogP contribution < -0.4 is 0 Å². The van der Waals surface area contributed by atoms with E-state index in [9.17, 15) is 15.0 Å². The zero-order valence-electron chi connectivity index (χ0n) is 19.4. The maximum absolute atomic E-state index is 11.3. The molecule has 0 radical (unpaired) electrons. The van der Waals surface area contributed by atoms with E-state index in [1.165, 1.54) is 38.5 Å². The zero-order valence-corrected chi connectivity index (χ0v) is 17.4. The van der Waals surface area contributed by atoms with Gasteiger partial charge in [0, 0.05) is 9.11 Å². The van der Waals surface area contributed by atoms with Gasteiger partial charge < -0.3 is 10.2 Å². The van der Waals surface area contributed by atoms with Gasteiger partial charge in [-0.05, 0) is 111 Å². The zero-order chi connectivity index (χ0) is 21.2. The normalized spacial score (nSPS) is 52.0. The molecule has 4 rings (SSSR count). The van der Waals surface area contributed by atoms with Crippen molar-refractivity contribution >= 4 is 5.97 Å². The fraction of sp³-hybridized carbons (Fsp3) is 0.958. The minimum atomic E-state index is -2.13. The molecule has 0 aromatic heterocycles. The molecule has 0 bridgehead atoms. The summed E-state index contributed by atoms with van der Waals surface area (Å²) in [5.41, 5.74) is 0.612. The molecule has 3 heteroatoms. The molecule has 4 fully saturated rings. The van der Waals surface area contributed by atoms with Gasteiger partial charge in [0.05, 0.1) is 6.10 Å². The lowest BCUT2D eigenvalue weighted by Gasteiger charge is -2.61. The van der Waals surface area contributed by atoms with E-state index in [1.54, 1.807) is 0 Å². The first kappa shape index (κ1) is 17.3. The van der Waals surface area contributed by atoms with E-state index in [2.05, 4.69) is 20.8 Å². The molecule has 4 saturated carbocycles. The molecule has 0 spiro atoms. The summed E-state index contributed by atoms with van der Waals surface area (Å²) in [6, 6.07) is 0. The Kier molecular flexibility index (Phi) is 4.51. The Bertz CT molecular complexity index is 652.